The van der Waals surface area contributed by atoms with Crippen molar-refractivity contribution >= 4 is 21.6 Å². The Hall–Kier alpha value is -2.02. The van der Waals surface area contributed by atoms with Crippen molar-refractivity contribution in [2.75, 3.05) is 19.8 Å². The summed E-state index contributed by atoms with van der Waals surface area (Å²) in [4.78, 5) is 17.9. The molecule has 0 radical (unpaired) electrons. The van der Waals surface area contributed by atoms with Crippen LogP contribution in [-0.2, 0) is 11.3 Å². The lowest BCUT2D eigenvalue weighted by Crippen LogP contribution is -2.22. The topological polar surface area (TPSA) is 64.4 Å². The van der Waals surface area contributed by atoms with E-state index < -0.39 is 0 Å². The van der Waals surface area contributed by atoms with Crippen LogP contribution in [0.2, 0.25) is 0 Å². The van der Waals surface area contributed by atoms with Gasteiger partial charge in [0.15, 0.2) is 0 Å². The third kappa shape index (κ3) is 3.09. The molecule has 0 aliphatic heterocycles. The number of benzene rings is 1. The highest BCUT2D eigenvalue weighted by Crippen LogP contribution is 2.30. The fourth-order valence-corrected chi connectivity index (χ4v) is 3.24. The summed E-state index contributed by atoms with van der Waals surface area (Å²) >= 11 is 1.46. The minimum Gasteiger partial charge on any atom is -0.394 e. The van der Waals surface area contributed by atoms with Crippen molar-refractivity contribution in [1.29, 1.82) is 0 Å². The number of aliphatic hydroxyl groups excluding tert-OH is 1. The van der Waals surface area contributed by atoms with Gasteiger partial charge in [-0.25, -0.2) is 4.98 Å². The number of nitrogens with zero attached hydrogens (tertiary/aromatic N) is 2. The molecule has 2 heterocycles. The summed E-state index contributed by atoms with van der Waals surface area (Å²) in [6.07, 6.45) is 1.55. The molecule has 3 aromatic rings. The first-order chi connectivity index (χ1) is 10.8. The number of thiophene rings is 1. The maximum atomic E-state index is 12.5. The molecule has 22 heavy (non-hydrogen) atoms. The summed E-state index contributed by atoms with van der Waals surface area (Å²) in [6.45, 7) is 1.07. The number of aliphatic hydroxyl groups is 1. The maximum Gasteiger partial charge on any atom is 0.271 e. The molecule has 0 atom stereocenters. The van der Waals surface area contributed by atoms with Gasteiger partial charge in [-0.2, -0.15) is 0 Å². The van der Waals surface area contributed by atoms with Crippen LogP contribution < -0.4 is 5.56 Å². The Balaban J connectivity index is 1.89. The molecule has 0 spiro atoms. The predicted molar refractivity (Wildman–Crippen MR) is 87.2 cm³/mol. The van der Waals surface area contributed by atoms with Crippen LogP contribution in [0, 0.1) is 0 Å². The third-order valence-corrected chi connectivity index (χ3v) is 4.44. The van der Waals surface area contributed by atoms with E-state index in [9.17, 15) is 4.79 Å². The van der Waals surface area contributed by atoms with Gasteiger partial charge in [0.25, 0.3) is 5.56 Å². The Bertz CT molecular complexity index is 811. The third-order valence-electron chi connectivity index (χ3n) is 3.27. The standard InChI is InChI=1S/C16H16N2O3S/c19-7-9-21-8-6-18-11-17-13-10-14(22-15(13)16(18)20)12-4-2-1-3-5-12/h1-5,10-11,19H,6-9H2. The van der Waals surface area contributed by atoms with Gasteiger partial charge in [0.2, 0.25) is 0 Å². The van der Waals surface area contributed by atoms with Gasteiger partial charge < -0.3 is 9.84 Å². The Morgan fingerprint density at radius 3 is 2.82 bits per heavy atom. The summed E-state index contributed by atoms with van der Waals surface area (Å²) in [5, 5.41) is 8.67. The van der Waals surface area contributed by atoms with Gasteiger partial charge in [-0.3, -0.25) is 9.36 Å². The fourth-order valence-electron chi connectivity index (χ4n) is 2.18. The summed E-state index contributed by atoms with van der Waals surface area (Å²) < 4.78 is 7.40. The van der Waals surface area contributed by atoms with Crippen LogP contribution in [0.4, 0.5) is 0 Å². The van der Waals surface area contributed by atoms with Gasteiger partial charge in [-0.1, -0.05) is 30.3 Å². The van der Waals surface area contributed by atoms with Crippen molar-refractivity contribution in [3.63, 3.8) is 0 Å². The summed E-state index contributed by atoms with van der Waals surface area (Å²) in [7, 11) is 0. The summed E-state index contributed by atoms with van der Waals surface area (Å²) in [5.74, 6) is 0. The van der Waals surface area contributed by atoms with Crippen LogP contribution >= 0.6 is 11.3 Å². The molecule has 0 unspecified atom stereocenters. The monoisotopic (exact) mass is 316 g/mol. The molecule has 0 aliphatic carbocycles. The molecule has 0 aliphatic rings. The van der Waals surface area contributed by atoms with Crippen molar-refractivity contribution in [1.82, 2.24) is 9.55 Å². The van der Waals surface area contributed by atoms with Gasteiger partial charge in [-0.15, -0.1) is 11.3 Å². The Morgan fingerprint density at radius 2 is 2.05 bits per heavy atom. The average molecular weight is 316 g/mol. The van der Waals surface area contributed by atoms with E-state index in [1.54, 1.807) is 10.9 Å². The predicted octanol–water partition coefficient (Wildman–Crippen LogP) is 2.13. The molecule has 5 nitrogen and oxygen atoms in total. The van der Waals surface area contributed by atoms with Gasteiger partial charge in [0, 0.05) is 4.88 Å². The van der Waals surface area contributed by atoms with Crippen LogP contribution in [0.3, 0.4) is 0 Å². The average Bonchev–Trinajstić information content (AvgIpc) is 2.99. The van der Waals surface area contributed by atoms with Gasteiger partial charge in [0.1, 0.15) is 4.70 Å². The number of rotatable bonds is 6. The Labute approximate surface area is 131 Å². The maximum absolute atomic E-state index is 12.5. The lowest BCUT2D eigenvalue weighted by molar-refractivity contribution is 0.0865. The summed E-state index contributed by atoms with van der Waals surface area (Å²) in [5.41, 5.74) is 1.76. The zero-order valence-electron chi connectivity index (χ0n) is 11.9. The molecule has 6 heteroatoms. The molecule has 0 fully saturated rings. The molecule has 114 valence electrons. The zero-order valence-corrected chi connectivity index (χ0v) is 12.8. The van der Waals surface area contributed by atoms with E-state index in [-0.39, 0.29) is 18.8 Å². The van der Waals surface area contributed by atoms with E-state index in [1.807, 2.05) is 36.4 Å². The molecule has 3 rings (SSSR count). The second-order valence-electron chi connectivity index (χ2n) is 4.77. The highest BCUT2D eigenvalue weighted by molar-refractivity contribution is 7.22. The lowest BCUT2D eigenvalue weighted by atomic mass is 10.2. The Kier molecular flexibility index (Phi) is 4.62. The second kappa shape index (κ2) is 6.83. The Morgan fingerprint density at radius 1 is 1.23 bits per heavy atom. The van der Waals surface area contributed by atoms with Gasteiger partial charge >= 0.3 is 0 Å². The van der Waals surface area contributed by atoms with Crippen LogP contribution in [-0.4, -0.2) is 34.5 Å². The van der Waals surface area contributed by atoms with Crippen molar-refractivity contribution in [2.24, 2.45) is 0 Å². The highest BCUT2D eigenvalue weighted by Gasteiger charge is 2.10. The van der Waals surface area contributed by atoms with Crippen LogP contribution in [0.15, 0.2) is 47.5 Å². The van der Waals surface area contributed by atoms with Crippen LogP contribution in [0.5, 0.6) is 0 Å². The molecule has 0 saturated carbocycles. The zero-order chi connectivity index (χ0) is 15.4. The molecule has 1 N–H and O–H groups in total. The van der Waals surface area contributed by atoms with Crippen molar-refractivity contribution in [3.05, 3.63) is 53.1 Å². The number of hydrogen-bond donors (Lipinski definition) is 1. The molecule has 0 saturated heterocycles. The minimum atomic E-state index is -0.0511. The quantitative estimate of drug-likeness (QED) is 0.708. The van der Waals surface area contributed by atoms with E-state index in [0.29, 0.717) is 17.9 Å². The van der Waals surface area contributed by atoms with Gasteiger partial charge in [-0.05, 0) is 11.6 Å². The first kappa shape index (κ1) is 14.9. The van der Waals surface area contributed by atoms with Crippen LogP contribution in [0.25, 0.3) is 20.7 Å². The van der Waals surface area contributed by atoms with Crippen molar-refractivity contribution < 1.29 is 9.84 Å². The molecule has 1 aromatic carbocycles. The molecule has 2 aromatic heterocycles. The highest BCUT2D eigenvalue weighted by atomic mass is 32.1. The SMILES string of the molecule is O=c1c2sc(-c3ccccc3)cc2ncn1CCOCCO. The van der Waals surface area contributed by atoms with E-state index in [1.165, 1.54) is 11.3 Å². The van der Waals surface area contributed by atoms with Crippen LogP contribution in [0.1, 0.15) is 0 Å². The number of aromatic nitrogens is 2. The van der Waals surface area contributed by atoms with E-state index in [0.717, 1.165) is 16.0 Å². The number of ether oxygens (including phenoxy) is 1. The molecular weight excluding hydrogens is 300 g/mol. The first-order valence-corrected chi connectivity index (χ1v) is 7.84. The van der Waals surface area contributed by atoms with Crippen molar-refractivity contribution in [2.45, 2.75) is 6.54 Å². The molecular formula is C16H16N2O3S. The smallest absolute Gasteiger partial charge is 0.271 e. The van der Waals surface area contributed by atoms with E-state index >= 15 is 0 Å². The van der Waals surface area contributed by atoms with E-state index in [2.05, 4.69) is 4.98 Å². The van der Waals surface area contributed by atoms with E-state index in [4.69, 9.17) is 9.84 Å². The lowest BCUT2D eigenvalue weighted by Gasteiger charge is -2.05. The number of fused-ring (bicyclic) bond motifs is 1. The summed E-state index contributed by atoms with van der Waals surface area (Å²) in [6, 6.07) is 11.9. The van der Waals surface area contributed by atoms with Gasteiger partial charge in [0.05, 0.1) is 38.2 Å². The molecule has 0 bridgehead atoms. The van der Waals surface area contributed by atoms with Crippen molar-refractivity contribution in [3.8, 4) is 10.4 Å². The largest absolute Gasteiger partial charge is 0.394 e. The fraction of sp³-hybridized carbons (Fsp3) is 0.250. The minimum absolute atomic E-state index is 0.0163. The normalized spacial score (nSPS) is 11.1. The second-order valence-corrected chi connectivity index (χ2v) is 5.82. The number of hydrogen-bond acceptors (Lipinski definition) is 5. The molecule has 0 amide bonds. The first-order valence-electron chi connectivity index (χ1n) is 7.02.